The Morgan fingerprint density at radius 2 is 1.00 bits per heavy atom. The second-order valence-electron chi connectivity index (χ2n) is 6.91. The summed E-state index contributed by atoms with van der Waals surface area (Å²) in [7, 11) is 0. The lowest BCUT2D eigenvalue weighted by molar-refractivity contribution is -0.0859. The summed E-state index contributed by atoms with van der Waals surface area (Å²) in [5.74, 6) is 0.887. The van der Waals surface area contributed by atoms with E-state index in [4.69, 9.17) is 0 Å². The Morgan fingerprint density at radius 3 is 1.27 bits per heavy atom. The highest BCUT2D eigenvalue weighted by Crippen LogP contribution is 2.60. The van der Waals surface area contributed by atoms with Gasteiger partial charge in [-0.25, -0.2) is 0 Å². The topological polar surface area (TPSA) is 0 Å². The molecule has 0 bridgehead atoms. The molecule has 0 spiro atoms. The van der Waals surface area contributed by atoms with E-state index in [1.54, 1.807) is 0 Å². The van der Waals surface area contributed by atoms with Crippen LogP contribution >= 0.6 is 0 Å². The van der Waals surface area contributed by atoms with Gasteiger partial charge in [0.25, 0.3) is 0 Å². The van der Waals surface area contributed by atoms with E-state index in [1.165, 1.54) is 12.8 Å². The Morgan fingerprint density at radius 1 is 0.733 bits per heavy atom. The van der Waals surface area contributed by atoms with Gasteiger partial charge in [0.05, 0.1) is 0 Å². The zero-order valence-corrected chi connectivity index (χ0v) is 12.5. The van der Waals surface area contributed by atoms with Crippen LogP contribution in [0, 0.1) is 22.2 Å². The maximum absolute atomic E-state index is 2.44. The molecule has 0 unspecified atom stereocenters. The van der Waals surface area contributed by atoms with Gasteiger partial charge in [0.1, 0.15) is 0 Å². The SMILES string of the molecule is CC.CC1CC(C)(C)C(C)(C)C(C)(C)C1. The van der Waals surface area contributed by atoms with Crippen LogP contribution in [0.5, 0.6) is 0 Å². The van der Waals surface area contributed by atoms with Gasteiger partial charge in [-0.3, -0.25) is 0 Å². The van der Waals surface area contributed by atoms with Crippen molar-refractivity contribution in [2.75, 3.05) is 0 Å². The van der Waals surface area contributed by atoms with Crippen molar-refractivity contribution in [3.8, 4) is 0 Å². The summed E-state index contributed by atoms with van der Waals surface area (Å²) in [4.78, 5) is 0. The second-order valence-corrected chi connectivity index (χ2v) is 6.91. The van der Waals surface area contributed by atoms with E-state index in [9.17, 15) is 0 Å². The Bertz CT molecular complexity index is 176. The lowest BCUT2D eigenvalue weighted by Crippen LogP contribution is -2.50. The summed E-state index contributed by atoms with van der Waals surface area (Å²) in [5, 5.41) is 0. The molecule has 0 atom stereocenters. The summed E-state index contributed by atoms with van der Waals surface area (Å²) in [6.45, 7) is 21.0. The molecule has 15 heavy (non-hydrogen) atoms. The van der Waals surface area contributed by atoms with Gasteiger partial charge in [0.2, 0.25) is 0 Å². The van der Waals surface area contributed by atoms with Crippen LogP contribution in [-0.4, -0.2) is 0 Å². The molecule has 1 aliphatic rings. The van der Waals surface area contributed by atoms with E-state index in [0.717, 1.165) is 5.92 Å². The quantitative estimate of drug-likeness (QED) is 0.496. The maximum atomic E-state index is 2.44. The predicted octanol–water partition coefficient (Wildman–Crippen LogP) is 5.52. The molecule has 1 saturated carbocycles. The van der Waals surface area contributed by atoms with Gasteiger partial charge < -0.3 is 0 Å². The minimum absolute atomic E-state index is 0.451. The number of hydrogen-bond donors (Lipinski definition) is 0. The molecule has 0 saturated heterocycles. The van der Waals surface area contributed by atoms with Gasteiger partial charge >= 0.3 is 0 Å². The van der Waals surface area contributed by atoms with Crippen LogP contribution in [0.25, 0.3) is 0 Å². The van der Waals surface area contributed by atoms with Crippen LogP contribution < -0.4 is 0 Å². The van der Waals surface area contributed by atoms with Crippen molar-refractivity contribution in [1.29, 1.82) is 0 Å². The summed E-state index contributed by atoms with van der Waals surface area (Å²) in [5.41, 5.74) is 1.41. The molecule has 0 nitrogen and oxygen atoms in total. The van der Waals surface area contributed by atoms with Crippen molar-refractivity contribution in [2.45, 2.75) is 75.2 Å². The molecular weight excluding hydrogens is 180 g/mol. The van der Waals surface area contributed by atoms with Crippen LogP contribution in [-0.2, 0) is 0 Å². The van der Waals surface area contributed by atoms with Crippen LogP contribution in [0.3, 0.4) is 0 Å². The first-order valence-electron chi connectivity index (χ1n) is 6.60. The fourth-order valence-electron chi connectivity index (χ4n) is 3.24. The van der Waals surface area contributed by atoms with Crippen LogP contribution in [0.4, 0.5) is 0 Å². The minimum Gasteiger partial charge on any atom is -0.0683 e. The van der Waals surface area contributed by atoms with E-state index < -0.39 is 0 Å². The maximum Gasteiger partial charge on any atom is -0.0251 e. The molecule has 0 radical (unpaired) electrons. The van der Waals surface area contributed by atoms with Crippen molar-refractivity contribution in [1.82, 2.24) is 0 Å². The van der Waals surface area contributed by atoms with E-state index in [1.807, 2.05) is 13.8 Å². The predicted molar refractivity (Wildman–Crippen MR) is 71.1 cm³/mol. The van der Waals surface area contributed by atoms with Crippen molar-refractivity contribution >= 4 is 0 Å². The summed E-state index contributed by atoms with van der Waals surface area (Å²) in [6.07, 6.45) is 2.76. The third-order valence-corrected chi connectivity index (χ3v) is 5.10. The normalized spacial score (nSPS) is 27.8. The molecule has 1 rings (SSSR count). The van der Waals surface area contributed by atoms with Crippen LogP contribution in [0.15, 0.2) is 0 Å². The molecule has 0 amide bonds. The van der Waals surface area contributed by atoms with Crippen molar-refractivity contribution in [3.05, 3.63) is 0 Å². The molecule has 0 heteroatoms. The lowest BCUT2D eigenvalue weighted by Gasteiger charge is -2.58. The fraction of sp³-hybridized carbons (Fsp3) is 1.00. The summed E-state index contributed by atoms with van der Waals surface area (Å²) in [6, 6.07) is 0. The third-order valence-electron chi connectivity index (χ3n) is 5.10. The molecular formula is C15H32. The van der Waals surface area contributed by atoms with Crippen molar-refractivity contribution in [3.63, 3.8) is 0 Å². The van der Waals surface area contributed by atoms with Gasteiger partial charge in [0.15, 0.2) is 0 Å². The van der Waals surface area contributed by atoms with E-state index in [-0.39, 0.29) is 0 Å². The first kappa shape index (κ1) is 15.0. The van der Waals surface area contributed by atoms with Crippen molar-refractivity contribution < 1.29 is 0 Å². The molecule has 1 fully saturated rings. The summed E-state index contributed by atoms with van der Waals surface area (Å²) >= 11 is 0. The molecule has 0 aromatic rings. The van der Waals surface area contributed by atoms with Crippen molar-refractivity contribution in [2.24, 2.45) is 22.2 Å². The van der Waals surface area contributed by atoms with Gasteiger partial charge in [-0.05, 0) is 35.0 Å². The zero-order chi connectivity index (χ0) is 12.5. The number of rotatable bonds is 0. The molecule has 0 aromatic heterocycles. The Balaban J connectivity index is 0.000000921. The standard InChI is InChI=1S/C13H26.C2H6/c1-10-8-11(2,3)13(6,7)12(4,5)9-10;1-2/h10H,8-9H2,1-7H3;1-2H3. The smallest absolute Gasteiger partial charge is 0.0251 e. The Labute approximate surface area is 97.8 Å². The second kappa shape index (κ2) is 4.47. The highest BCUT2D eigenvalue weighted by molar-refractivity contribution is 5.01. The largest absolute Gasteiger partial charge is 0.0683 e. The zero-order valence-electron chi connectivity index (χ0n) is 12.5. The average Bonchev–Trinajstić information content (AvgIpc) is 2.02. The van der Waals surface area contributed by atoms with Gasteiger partial charge in [-0.2, -0.15) is 0 Å². The highest BCUT2D eigenvalue weighted by atomic mass is 14.6. The molecule has 0 aliphatic heterocycles. The minimum atomic E-state index is 0.451. The molecule has 1 aliphatic carbocycles. The van der Waals surface area contributed by atoms with Gasteiger partial charge in [-0.15, -0.1) is 0 Å². The first-order chi connectivity index (χ1) is 6.60. The van der Waals surface area contributed by atoms with E-state index in [2.05, 4.69) is 48.5 Å². The summed E-state index contributed by atoms with van der Waals surface area (Å²) < 4.78 is 0. The molecule has 0 N–H and O–H groups in total. The van der Waals surface area contributed by atoms with E-state index >= 15 is 0 Å². The Hall–Kier alpha value is 0. The average molecular weight is 212 g/mol. The molecule has 0 aromatic carbocycles. The molecule has 92 valence electrons. The monoisotopic (exact) mass is 212 g/mol. The van der Waals surface area contributed by atoms with Gasteiger partial charge in [-0.1, -0.05) is 62.3 Å². The van der Waals surface area contributed by atoms with Gasteiger partial charge in [0, 0.05) is 0 Å². The lowest BCUT2D eigenvalue weighted by atomic mass is 9.47. The highest BCUT2D eigenvalue weighted by Gasteiger charge is 2.51. The van der Waals surface area contributed by atoms with Crippen LogP contribution in [0.2, 0.25) is 0 Å². The first-order valence-corrected chi connectivity index (χ1v) is 6.60. The third kappa shape index (κ3) is 2.57. The number of hydrogen-bond acceptors (Lipinski definition) is 0. The molecule has 0 heterocycles. The van der Waals surface area contributed by atoms with E-state index in [0.29, 0.717) is 16.2 Å². The Kier molecular flexibility index (Phi) is 4.47. The van der Waals surface area contributed by atoms with Crippen LogP contribution in [0.1, 0.15) is 75.2 Å². The fourth-order valence-corrected chi connectivity index (χ4v) is 3.24.